The molecule has 3 aromatic rings. The van der Waals surface area contributed by atoms with Gasteiger partial charge in [0.15, 0.2) is 5.76 Å². The van der Waals surface area contributed by atoms with Crippen LogP contribution in [0.2, 0.25) is 0 Å². The summed E-state index contributed by atoms with van der Waals surface area (Å²) in [6.07, 6.45) is 0.139. The molecule has 2 aliphatic rings. The number of benzene rings is 2. The summed E-state index contributed by atoms with van der Waals surface area (Å²) in [6, 6.07) is 12.3. The Morgan fingerprint density at radius 1 is 1.02 bits per heavy atom. The highest BCUT2D eigenvalue weighted by Gasteiger charge is 2.32. The van der Waals surface area contributed by atoms with E-state index in [9.17, 15) is 27.2 Å². The van der Waals surface area contributed by atoms with E-state index in [0.29, 0.717) is 13.1 Å². The lowest BCUT2D eigenvalue weighted by Gasteiger charge is -2.24. The smallest absolute Gasteiger partial charge is 0.416 e. The van der Waals surface area contributed by atoms with Crippen molar-refractivity contribution in [3.05, 3.63) is 77.3 Å². The van der Waals surface area contributed by atoms with E-state index < -0.39 is 23.6 Å². The van der Waals surface area contributed by atoms with Crippen molar-refractivity contribution in [2.45, 2.75) is 38.3 Å². The van der Waals surface area contributed by atoms with Gasteiger partial charge in [-0.25, -0.2) is 4.39 Å². The van der Waals surface area contributed by atoms with Gasteiger partial charge in [0.1, 0.15) is 11.6 Å². The van der Waals surface area contributed by atoms with Crippen LogP contribution in [0, 0.1) is 17.7 Å². The molecule has 0 saturated heterocycles. The van der Waals surface area contributed by atoms with E-state index in [2.05, 4.69) is 15.5 Å². The first kappa shape index (κ1) is 27.7. The highest BCUT2D eigenvalue weighted by molar-refractivity contribution is 5.92. The Bertz CT molecular complexity index is 1360. The summed E-state index contributed by atoms with van der Waals surface area (Å²) in [6.45, 7) is 1.91. The molecule has 5 rings (SSSR count). The van der Waals surface area contributed by atoms with Gasteiger partial charge < -0.3 is 20.0 Å². The van der Waals surface area contributed by atoms with Crippen LogP contribution in [0.15, 0.2) is 59.0 Å². The number of nitrogens with one attached hydrogen (secondary N) is 2. The van der Waals surface area contributed by atoms with Crippen LogP contribution in [-0.2, 0) is 17.4 Å². The number of nitrogens with zero attached hydrogens (tertiary/aromatic N) is 1. The van der Waals surface area contributed by atoms with Crippen molar-refractivity contribution in [3.8, 4) is 11.3 Å². The van der Waals surface area contributed by atoms with E-state index in [1.165, 1.54) is 30.3 Å². The van der Waals surface area contributed by atoms with Crippen LogP contribution in [0.3, 0.4) is 0 Å². The molecule has 0 radical (unpaired) electrons. The predicted molar refractivity (Wildman–Crippen MR) is 142 cm³/mol. The van der Waals surface area contributed by atoms with Gasteiger partial charge in [-0.15, -0.1) is 0 Å². The maximum atomic E-state index is 13.5. The lowest BCUT2D eigenvalue weighted by molar-refractivity contribution is -0.137. The molecule has 1 aliphatic heterocycles. The van der Waals surface area contributed by atoms with Gasteiger partial charge in [-0.1, -0.05) is 25.0 Å². The zero-order valence-electron chi connectivity index (χ0n) is 21.9. The predicted octanol–water partition coefficient (Wildman–Crippen LogP) is 5.82. The molecule has 1 fully saturated rings. The van der Waals surface area contributed by atoms with Crippen LogP contribution in [0.1, 0.15) is 47.4 Å². The third kappa shape index (κ3) is 6.32. The van der Waals surface area contributed by atoms with Crippen molar-refractivity contribution >= 4 is 17.5 Å². The summed E-state index contributed by atoms with van der Waals surface area (Å²) in [5.74, 6) is -1.08. The first-order valence-electron chi connectivity index (χ1n) is 13.6. The second-order valence-electron chi connectivity index (χ2n) is 10.4. The fourth-order valence-corrected chi connectivity index (χ4v) is 5.70. The third-order valence-corrected chi connectivity index (χ3v) is 7.81. The Kier molecular flexibility index (Phi) is 8.14. The van der Waals surface area contributed by atoms with Crippen molar-refractivity contribution < 1.29 is 31.6 Å². The molecule has 2 amide bonds. The number of furan rings is 1. The quantitative estimate of drug-likeness (QED) is 0.325. The van der Waals surface area contributed by atoms with Crippen LogP contribution < -0.4 is 15.5 Å². The summed E-state index contributed by atoms with van der Waals surface area (Å²) < 4.78 is 58.3. The van der Waals surface area contributed by atoms with Crippen molar-refractivity contribution in [3.63, 3.8) is 0 Å². The molecular formula is C30H31F4N3O3. The lowest BCUT2D eigenvalue weighted by atomic mass is 9.90. The van der Waals surface area contributed by atoms with Gasteiger partial charge in [0.2, 0.25) is 5.91 Å². The van der Waals surface area contributed by atoms with Gasteiger partial charge >= 0.3 is 6.18 Å². The largest absolute Gasteiger partial charge is 0.451 e. The number of alkyl halides is 3. The molecule has 1 atom stereocenters. The molecule has 1 aromatic heterocycles. The molecule has 1 aliphatic carbocycles. The summed E-state index contributed by atoms with van der Waals surface area (Å²) in [5.41, 5.74) is 1.36. The summed E-state index contributed by atoms with van der Waals surface area (Å²) in [4.78, 5) is 28.2. The number of hydrogen-bond donors (Lipinski definition) is 2. The van der Waals surface area contributed by atoms with Gasteiger partial charge in [-0.3, -0.25) is 9.59 Å². The molecular weight excluding hydrogens is 526 g/mol. The van der Waals surface area contributed by atoms with Crippen molar-refractivity contribution in [1.29, 1.82) is 0 Å². The second-order valence-corrected chi connectivity index (χ2v) is 10.4. The van der Waals surface area contributed by atoms with Crippen LogP contribution in [0.4, 0.5) is 23.2 Å². The van der Waals surface area contributed by atoms with Crippen molar-refractivity contribution in [2.24, 2.45) is 11.8 Å². The van der Waals surface area contributed by atoms with E-state index >= 15 is 0 Å². The molecule has 0 unspecified atom stereocenters. The first-order chi connectivity index (χ1) is 19.2. The summed E-state index contributed by atoms with van der Waals surface area (Å²) in [5, 5.41) is 5.80. The minimum absolute atomic E-state index is 0.0397. The molecule has 6 nitrogen and oxygen atoms in total. The number of halogens is 4. The highest BCUT2D eigenvalue weighted by Crippen LogP contribution is 2.34. The number of carbonyl (C=O) groups is 2. The maximum Gasteiger partial charge on any atom is 0.416 e. The summed E-state index contributed by atoms with van der Waals surface area (Å²) >= 11 is 0. The molecule has 0 spiro atoms. The van der Waals surface area contributed by atoms with E-state index in [0.717, 1.165) is 62.0 Å². The molecule has 212 valence electrons. The second kappa shape index (κ2) is 11.7. The number of carbonyl (C=O) groups excluding carboxylic acids is 2. The van der Waals surface area contributed by atoms with E-state index in [1.807, 2.05) is 0 Å². The highest BCUT2D eigenvalue weighted by atomic mass is 19.4. The first-order valence-corrected chi connectivity index (χ1v) is 13.6. The monoisotopic (exact) mass is 557 g/mol. The summed E-state index contributed by atoms with van der Waals surface area (Å²) in [7, 11) is 0. The Labute approximate surface area is 229 Å². The molecule has 1 saturated carbocycles. The topological polar surface area (TPSA) is 74.6 Å². The fourth-order valence-electron chi connectivity index (χ4n) is 5.70. The van der Waals surface area contributed by atoms with Crippen LogP contribution >= 0.6 is 0 Å². The Hall–Kier alpha value is -3.82. The zero-order chi connectivity index (χ0) is 28.3. The number of rotatable bonds is 9. The Morgan fingerprint density at radius 2 is 1.82 bits per heavy atom. The molecule has 40 heavy (non-hydrogen) atoms. The van der Waals surface area contributed by atoms with Gasteiger partial charge in [0.25, 0.3) is 5.91 Å². The number of anilines is 1. The van der Waals surface area contributed by atoms with Crippen LogP contribution in [0.5, 0.6) is 0 Å². The number of hydrogen-bond acceptors (Lipinski definition) is 4. The van der Waals surface area contributed by atoms with Gasteiger partial charge in [-0.2, -0.15) is 13.2 Å². The van der Waals surface area contributed by atoms with Crippen molar-refractivity contribution in [2.75, 3.05) is 31.1 Å². The molecule has 2 heterocycles. The van der Waals surface area contributed by atoms with Crippen LogP contribution in [-0.4, -0.2) is 38.0 Å². The average molecular weight is 558 g/mol. The van der Waals surface area contributed by atoms with Gasteiger partial charge in [0, 0.05) is 37.4 Å². The molecule has 2 aromatic carbocycles. The minimum atomic E-state index is -4.49. The lowest BCUT2D eigenvalue weighted by Crippen LogP contribution is -2.44. The number of amides is 2. The minimum Gasteiger partial charge on any atom is -0.451 e. The Morgan fingerprint density at radius 3 is 2.60 bits per heavy atom. The van der Waals surface area contributed by atoms with Crippen molar-refractivity contribution in [1.82, 2.24) is 10.6 Å². The normalized spacial score (nSPS) is 16.1. The fraction of sp³-hybridized carbons (Fsp3) is 0.400. The maximum absolute atomic E-state index is 13.5. The molecule has 0 bridgehead atoms. The third-order valence-electron chi connectivity index (χ3n) is 7.81. The number of fused-ring (bicyclic) bond motifs is 1. The molecule has 2 N–H and O–H groups in total. The SMILES string of the molecule is O=C(NC[C@H](C(=O)NCCN1CCc2cc(F)ccc21)C1CCCC1)c1ccc(-c2cccc(C(F)(F)F)c2)o1. The van der Waals surface area contributed by atoms with Gasteiger partial charge in [0.05, 0.1) is 11.5 Å². The van der Waals surface area contributed by atoms with E-state index in [1.54, 1.807) is 12.1 Å². The van der Waals surface area contributed by atoms with Crippen LogP contribution in [0.25, 0.3) is 11.3 Å². The van der Waals surface area contributed by atoms with E-state index in [-0.39, 0.29) is 41.3 Å². The molecule has 10 heteroatoms. The zero-order valence-corrected chi connectivity index (χ0v) is 21.9. The Balaban J connectivity index is 1.18. The van der Waals surface area contributed by atoms with E-state index in [4.69, 9.17) is 4.42 Å². The average Bonchev–Trinajstić information content (AvgIpc) is 3.70. The van der Waals surface area contributed by atoms with Gasteiger partial charge in [-0.05, 0) is 73.2 Å². The standard InChI is InChI=1S/C30H31F4N3O3/c31-23-8-9-25-20(17-23)12-14-37(25)15-13-35-28(38)24(19-4-1-2-5-19)18-36-29(39)27-11-10-26(40-27)21-6-3-7-22(16-21)30(32,33)34/h3,6-11,16-17,19,24H,1-2,4-5,12-15,18H2,(H,35,38)(H,36,39)/t24-/m0/s1.